The van der Waals surface area contributed by atoms with Crippen LogP contribution in [0.15, 0.2) is 58.4 Å². The zero-order valence-electron chi connectivity index (χ0n) is 19.9. The lowest BCUT2D eigenvalue weighted by Crippen LogP contribution is -2.23. The predicted molar refractivity (Wildman–Crippen MR) is 138 cm³/mol. The lowest BCUT2D eigenvalue weighted by Gasteiger charge is -2.14. The van der Waals surface area contributed by atoms with Crippen molar-refractivity contribution in [3.05, 3.63) is 87.1 Å². The molecule has 174 valence electrons. The lowest BCUT2D eigenvalue weighted by atomic mass is 10.1. The van der Waals surface area contributed by atoms with E-state index in [1.54, 1.807) is 32.2 Å². The van der Waals surface area contributed by atoms with Crippen molar-refractivity contribution in [2.45, 2.75) is 34.1 Å². The molecule has 0 saturated carbocycles. The van der Waals surface area contributed by atoms with Gasteiger partial charge in [0.05, 0.1) is 16.2 Å². The van der Waals surface area contributed by atoms with E-state index in [1.165, 1.54) is 22.2 Å². The van der Waals surface area contributed by atoms with Crippen LogP contribution in [0.2, 0.25) is 0 Å². The average Bonchev–Trinajstić information content (AvgIpc) is 3.24. The minimum atomic E-state index is -0.997. The first-order chi connectivity index (χ1) is 16.2. The van der Waals surface area contributed by atoms with Gasteiger partial charge in [-0.3, -0.25) is 9.69 Å². The van der Waals surface area contributed by atoms with Gasteiger partial charge in [0.15, 0.2) is 5.17 Å². The number of para-hydroxylation sites is 1. The molecule has 0 radical (unpaired) electrons. The van der Waals surface area contributed by atoms with Crippen LogP contribution in [0.1, 0.15) is 45.4 Å². The van der Waals surface area contributed by atoms with Gasteiger partial charge in [0.1, 0.15) is 0 Å². The molecule has 2 aromatic carbocycles. The number of hydrogen-bond acceptors (Lipinski definition) is 4. The van der Waals surface area contributed by atoms with Gasteiger partial charge in [-0.05, 0) is 86.0 Å². The molecule has 1 amide bonds. The fourth-order valence-electron chi connectivity index (χ4n) is 4.20. The van der Waals surface area contributed by atoms with Crippen LogP contribution in [0.3, 0.4) is 0 Å². The maximum absolute atomic E-state index is 13.0. The molecule has 1 aliphatic heterocycles. The molecule has 0 bridgehead atoms. The first kappa shape index (κ1) is 23.6. The van der Waals surface area contributed by atoms with E-state index in [9.17, 15) is 14.7 Å². The van der Waals surface area contributed by atoms with E-state index in [2.05, 4.69) is 54.6 Å². The minimum absolute atomic E-state index is 0.130. The van der Waals surface area contributed by atoms with Crippen LogP contribution < -0.4 is 0 Å². The van der Waals surface area contributed by atoms with Crippen molar-refractivity contribution in [1.29, 1.82) is 0 Å². The van der Waals surface area contributed by atoms with Crippen LogP contribution in [0.5, 0.6) is 0 Å². The molecule has 2 heterocycles. The zero-order chi connectivity index (χ0) is 24.6. The molecule has 34 heavy (non-hydrogen) atoms. The zero-order valence-corrected chi connectivity index (χ0v) is 20.7. The second kappa shape index (κ2) is 9.35. The normalized spacial score (nSPS) is 16.1. The Kier molecular flexibility index (Phi) is 6.48. The van der Waals surface area contributed by atoms with Crippen LogP contribution in [0.4, 0.5) is 5.69 Å². The summed E-state index contributed by atoms with van der Waals surface area (Å²) >= 11 is 1.30. The minimum Gasteiger partial charge on any atom is -0.478 e. The highest BCUT2D eigenvalue weighted by Gasteiger charge is 2.31. The van der Waals surface area contributed by atoms with E-state index >= 15 is 0 Å². The van der Waals surface area contributed by atoms with E-state index < -0.39 is 5.97 Å². The number of likely N-dealkylation sites (N-methyl/N-ethyl adjacent to an activating group) is 1. The van der Waals surface area contributed by atoms with Crippen LogP contribution in [0, 0.1) is 20.8 Å². The summed E-state index contributed by atoms with van der Waals surface area (Å²) in [5, 5.41) is 9.91. The summed E-state index contributed by atoms with van der Waals surface area (Å²) in [5.41, 5.74) is 6.89. The molecule has 0 spiro atoms. The summed E-state index contributed by atoms with van der Waals surface area (Å²) in [6.45, 7) is 8.01. The second-order valence-electron chi connectivity index (χ2n) is 8.27. The van der Waals surface area contributed by atoms with Crippen molar-refractivity contribution in [1.82, 2.24) is 9.47 Å². The largest absolute Gasteiger partial charge is 0.478 e. The van der Waals surface area contributed by atoms with Gasteiger partial charge in [-0.2, -0.15) is 0 Å². The number of hydrogen-bond donors (Lipinski definition) is 1. The SMILES string of the molecule is CCc1ccccc1-n1c(C)cc(/C=C2\SC(=Nc3cccc(C(=O)O)c3C)N(C)C2=O)c1C. The molecular formula is C27H27N3O3S. The first-order valence-corrected chi connectivity index (χ1v) is 11.9. The Bertz CT molecular complexity index is 1370. The van der Waals surface area contributed by atoms with Gasteiger partial charge in [0.25, 0.3) is 5.91 Å². The number of carboxylic acid groups (broad SMARTS) is 1. The topological polar surface area (TPSA) is 74.9 Å². The van der Waals surface area contributed by atoms with Gasteiger partial charge in [-0.15, -0.1) is 0 Å². The third-order valence-corrected chi connectivity index (χ3v) is 7.19. The molecule has 0 atom stereocenters. The van der Waals surface area contributed by atoms with Gasteiger partial charge in [-0.25, -0.2) is 9.79 Å². The molecule has 1 N–H and O–H groups in total. The van der Waals surface area contributed by atoms with E-state index in [4.69, 9.17) is 0 Å². The second-order valence-corrected chi connectivity index (χ2v) is 9.28. The number of amidine groups is 1. The molecule has 1 aromatic heterocycles. The summed E-state index contributed by atoms with van der Waals surface area (Å²) < 4.78 is 2.23. The third kappa shape index (κ3) is 4.19. The molecule has 1 saturated heterocycles. The monoisotopic (exact) mass is 473 g/mol. The number of carboxylic acids is 1. The van der Waals surface area contributed by atoms with Crippen LogP contribution in [0.25, 0.3) is 11.8 Å². The van der Waals surface area contributed by atoms with Crippen molar-refractivity contribution in [3.63, 3.8) is 0 Å². The summed E-state index contributed by atoms with van der Waals surface area (Å²) in [5.74, 6) is -1.13. The Balaban J connectivity index is 1.71. The Morgan fingerprint density at radius 1 is 1.12 bits per heavy atom. The third-order valence-electron chi connectivity index (χ3n) is 6.13. The molecule has 1 fully saturated rings. The number of thioether (sulfide) groups is 1. The fourth-order valence-corrected chi connectivity index (χ4v) is 5.18. The number of aromatic carboxylic acids is 1. The lowest BCUT2D eigenvalue weighted by molar-refractivity contribution is -0.121. The number of aryl methyl sites for hydroxylation is 2. The molecule has 6 nitrogen and oxygen atoms in total. The number of aliphatic imine (C=N–C) groups is 1. The maximum Gasteiger partial charge on any atom is 0.336 e. The molecule has 1 aliphatic rings. The molecular weight excluding hydrogens is 446 g/mol. The first-order valence-electron chi connectivity index (χ1n) is 11.1. The average molecular weight is 474 g/mol. The highest BCUT2D eigenvalue weighted by atomic mass is 32.2. The van der Waals surface area contributed by atoms with Crippen molar-refractivity contribution in [2.75, 3.05) is 7.05 Å². The highest BCUT2D eigenvalue weighted by molar-refractivity contribution is 8.18. The van der Waals surface area contributed by atoms with Crippen LogP contribution in [-0.2, 0) is 11.2 Å². The van der Waals surface area contributed by atoms with Crippen LogP contribution >= 0.6 is 11.8 Å². The number of aromatic nitrogens is 1. The van der Waals surface area contributed by atoms with E-state index in [1.807, 2.05) is 12.1 Å². The van der Waals surface area contributed by atoms with Crippen LogP contribution in [-0.4, -0.2) is 38.7 Å². The van der Waals surface area contributed by atoms with Crippen molar-refractivity contribution in [3.8, 4) is 5.69 Å². The van der Waals surface area contributed by atoms with Crippen molar-refractivity contribution in [2.24, 2.45) is 4.99 Å². The number of benzene rings is 2. The number of nitrogens with zero attached hydrogens (tertiary/aromatic N) is 3. The Hall–Kier alpha value is -3.58. The van der Waals surface area contributed by atoms with Gasteiger partial charge in [0, 0.05) is 24.1 Å². The van der Waals surface area contributed by atoms with Crippen molar-refractivity contribution >= 4 is 40.6 Å². The molecule has 7 heteroatoms. The molecule has 3 aromatic rings. The molecule has 0 unspecified atom stereocenters. The van der Waals surface area contributed by atoms with Gasteiger partial charge in [-0.1, -0.05) is 31.2 Å². The van der Waals surface area contributed by atoms with E-state index in [0.717, 1.165) is 29.1 Å². The standard InChI is InChI=1S/C27H27N3O3S/c1-6-19-10-7-8-13-23(19)30-16(2)14-20(18(30)4)15-24-25(31)29(5)27(34-24)28-22-12-9-11-21(17(22)3)26(32)33/h7-15H,6H2,1-5H3,(H,32,33)/b24-15-,28-27?. The Labute approximate surface area is 203 Å². The van der Waals surface area contributed by atoms with Crippen molar-refractivity contribution < 1.29 is 14.7 Å². The number of carbonyl (C=O) groups is 2. The predicted octanol–water partition coefficient (Wildman–Crippen LogP) is 5.90. The summed E-state index contributed by atoms with van der Waals surface area (Å²) in [6.07, 6.45) is 2.85. The fraction of sp³-hybridized carbons (Fsp3) is 0.222. The Morgan fingerprint density at radius 2 is 1.85 bits per heavy atom. The number of rotatable bonds is 5. The van der Waals surface area contributed by atoms with Gasteiger partial charge in [0.2, 0.25) is 0 Å². The summed E-state index contributed by atoms with van der Waals surface area (Å²) in [7, 11) is 1.69. The molecule has 0 aliphatic carbocycles. The van der Waals surface area contributed by atoms with E-state index in [-0.39, 0.29) is 11.5 Å². The molecule has 4 rings (SSSR count). The summed E-state index contributed by atoms with van der Waals surface area (Å²) in [4.78, 5) is 31.2. The quantitative estimate of drug-likeness (QED) is 0.469. The number of amides is 1. The van der Waals surface area contributed by atoms with Gasteiger partial charge < -0.3 is 9.67 Å². The Morgan fingerprint density at radius 3 is 2.56 bits per heavy atom. The number of carbonyl (C=O) groups excluding carboxylic acids is 1. The summed E-state index contributed by atoms with van der Waals surface area (Å²) in [6, 6.07) is 15.4. The van der Waals surface area contributed by atoms with E-state index in [0.29, 0.717) is 21.3 Å². The smallest absolute Gasteiger partial charge is 0.336 e. The highest BCUT2D eigenvalue weighted by Crippen LogP contribution is 2.35. The van der Waals surface area contributed by atoms with Gasteiger partial charge >= 0.3 is 5.97 Å². The maximum atomic E-state index is 13.0.